The summed E-state index contributed by atoms with van der Waals surface area (Å²) in [7, 11) is 0. The molecule has 1 aromatic carbocycles. The van der Waals surface area contributed by atoms with Crippen LogP contribution in [0.4, 0.5) is 0 Å². The van der Waals surface area contributed by atoms with Crippen LogP contribution < -0.4 is 10.8 Å². The second-order valence-electron chi connectivity index (χ2n) is 4.87. The van der Waals surface area contributed by atoms with Gasteiger partial charge in [-0.05, 0) is 24.6 Å². The zero-order valence-electron chi connectivity index (χ0n) is 12.3. The van der Waals surface area contributed by atoms with Crippen molar-refractivity contribution in [3.63, 3.8) is 0 Å². The van der Waals surface area contributed by atoms with Gasteiger partial charge in [0.2, 0.25) is 0 Å². The van der Waals surface area contributed by atoms with Gasteiger partial charge in [-0.25, -0.2) is 15.4 Å². The summed E-state index contributed by atoms with van der Waals surface area (Å²) in [6.45, 7) is 1.33. The average Bonchev–Trinajstić information content (AvgIpc) is 2.59. The van der Waals surface area contributed by atoms with Gasteiger partial charge < -0.3 is 10.4 Å². The summed E-state index contributed by atoms with van der Waals surface area (Å²) in [5.41, 5.74) is 3.36. The first-order valence-electron chi connectivity index (χ1n) is 6.81. The van der Waals surface area contributed by atoms with Crippen molar-refractivity contribution >= 4 is 11.8 Å². The first-order valence-corrected chi connectivity index (χ1v) is 6.81. The molecule has 0 aliphatic heterocycles. The minimum Gasteiger partial charge on any atom is -0.391 e. The highest BCUT2D eigenvalue weighted by atomic mass is 16.5. The molecule has 2 atom stereocenters. The topological polar surface area (TPSA) is 124 Å². The molecule has 2 rings (SSSR count). The summed E-state index contributed by atoms with van der Waals surface area (Å²) in [6.07, 6.45) is 3.56. The summed E-state index contributed by atoms with van der Waals surface area (Å²) in [5, 5.41) is 20.5. The molecular weight excluding hydrogens is 300 g/mol. The molecule has 2 aromatic rings. The summed E-state index contributed by atoms with van der Waals surface area (Å²) in [6, 6.07) is 5.34. The quantitative estimate of drug-likeness (QED) is 0.459. The van der Waals surface area contributed by atoms with Crippen molar-refractivity contribution in [2.45, 2.75) is 19.1 Å². The number of carbonyl (C=O) groups excluding carboxylic acids is 2. The number of nitrogens with zero attached hydrogens (tertiary/aromatic N) is 2. The molecule has 8 nitrogen and oxygen atoms in total. The standard InChI is InChI=1S/C15H16N4O4/c1-9(20)13(15(22)19-23)18-14(21)11-4-2-10(3-5-11)12-6-16-8-17-7-12/h2-9,13,20,23H,1H3,(H,18,21)(H,19,22). The highest BCUT2D eigenvalue weighted by molar-refractivity contribution is 5.97. The SMILES string of the molecule is CC(O)C(NC(=O)c1ccc(-c2cncnc2)cc1)C(=O)NO. The number of nitrogens with one attached hydrogen (secondary N) is 2. The van der Waals surface area contributed by atoms with Crippen LogP contribution in [0.15, 0.2) is 43.0 Å². The zero-order valence-corrected chi connectivity index (χ0v) is 12.3. The Kier molecular flexibility index (Phi) is 5.34. The van der Waals surface area contributed by atoms with Crippen molar-refractivity contribution in [2.24, 2.45) is 0 Å². The third-order valence-electron chi connectivity index (χ3n) is 3.20. The Morgan fingerprint density at radius 3 is 2.22 bits per heavy atom. The maximum absolute atomic E-state index is 12.1. The molecular formula is C15H16N4O4. The summed E-state index contributed by atoms with van der Waals surface area (Å²) in [4.78, 5) is 31.4. The molecule has 0 spiro atoms. The van der Waals surface area contributed by atoms with E-state index in [1.54, 1.807) is 36.7 Å². The van der Waals surface area contributed by atoms with E-state index < -0.39 is 24.0 Å². The lowest BCUT2D eigenvalue weighted by Crippen LogP contribution is -2.51. The monoisotopic (exact) mass is 316 g/mol. The van der Waals surface area contributed by atoms with Crippen LogP contribution in [-0.4, -0.2) is 44.2 Å². The molecule has 0 saturated heterocycles. The van der Waals surface area contributed by atoms with Crippen LogP contribution in [0.25, 0.3) is 11.1 Å². The van der Waals surface area contributed by atoms with Crippen molar-refractivity contribution in [1.29, 1.82) is 0 Å². The van der Waals surface area contributed by atoms with Crippen LogP contribution in [0.2, 0.25) is 0 Å². The van der Waals surface area contributed by atoms with Crippen molar-refractivity contribution < 1.29 is 19.9 Å². The Bertz CT molecular complexity index is 674. The number of aliphatic hydroxyl groups is 1. The largest absolute Gasteiger partial charge is 0.391 e. The van der Waals surface area contributed by atoms with Gasteiger partial charge in [0.05, 0.1) is 6.10 Å². The smallest absolute Gasteiger partial charge is 0.268 e. The lowest BCUT2D eigenvalue weighted by molar-refractivity contribution is -0.133. The fourth-order valence-corrected chi connectivity index (χ4v) is 1.96. The van der Waals surface area contributed by atoms with E-state index in [1.165, 1.54) is 18.7 Å². The highest BCUT2D eigenvalue weighted by Crippen LogP contribution is 2.17. The Morgan fingerprint density at radius 2 is 1.70 bits per heavy atom. The van der Waals surface area contributed by atoms with Crippen LogP contribution in [-0.2, 0) is 4.79 Å². The Hall–Kier alpha value is -2.84. The predicted octanol–water partition coefficient (Wildman–Crippen LogP) is 0.128. The van der Waals surface area contributed by atoms with Gasteiger partial charge in [-0.2, -0.15) is 0 Å². The lowest BCUT2D eigenvalue weighted by Gasteiger charge is -2.19. The lowest BCUT2D eigenvalue weighted by atomic mass is 10.1. The molecule has 4 N–H and O–H groups in total. The fourth-order valence-electron chi connectivity index (χ4n) is 1.96. The third kappa shape index (κ3) is 4.09. The molecule has 8 heteroatoms. The third-order valence-corrected chi connectivity index (χ3v) is 3.20. The molecule has 120 valence electrons. The van der Waals surface area contributed by atoms with Crippen LogP contribution >= 0.6 is 0 Å². The molecule has 2 amide bonds. The number of hydroxylamine groups is 1. The molecule has 0 bridgehead atoms. The van der Waals surface area contributed by atoms with E-state index in [0.717, 1.165) is 11.1 Å². The molecule has 0 aliphatic carbocycles. The highest BCUT2D eigenvalue weighted by Gasteiger charge is 2.25. The summed E-state index contributed by atoms with van der Waals surface area (Å²) >= 11 is 0. The van der Waals surface area contributed by atoms with Crippen molar-refractivity contribution in [3.8, 4) is 11.1 Å². The Labute approximate surface area is 132 Å². The van der Waals surface area contributed by atoms with E-state index in [-0.39, 0.29) is 0 Å². The van der Waals surface area contributed by atoms with Gasteiger partial charge in [-0.15, -0.1) is 0 Å². The maximum Gasteiger partial charge on any atom is 0.268 e. The molecule has 23 heavy (non-hydrogen) atoms. The molecule has 1 heterocycles. The minimum absolute atomic E-state index is 0.307. The number of benzene rings is 1. The van der Waals surface area contributed by atoms with Crippen LogP contribution in [0.3, 0.4) is 0 Å². The van der Waals surface area contributed by atoms with E-state index >= 15 is 0 Å². The number of amides is 2. The van der Waals surface area contributed by atoms with Gasteiger partial charge >= 0.3 is 0 Å². The predicted molar refractivity (Wildman–Crippen MR) is 80.3 cm³/mol. The minimum atomic E-state index is -1.25. The Morgan fingerprint density at radius 1 is 1.09 bits per heavy atom. The van der Waals surface area contributed by atoms with Crippen LogP contribution in [0, 0.1) is 0 Å². The fraction of sp³-hybridized carbons (Fsp3) is 0.200. The van der Waals surface area contributed by atoms with Gasteiger partial charge in [-0.3, -0.25) is 14.8 Å². The van der Waals surface area contributed by atoms with Gasteiger partial charge in [0.25, 0.3) is 11.8 Å². The number of aliphatic hydroxyl groups excluding tert-OH is 1. The number of rotatable bonds is 5. The molecule has 2 unspecified atom stereocenters. The molecule has 0 aliphatic rings. The number of carbonyl (C=O) groups is 2. The summed E-state index contributed by atoms with van der Waals surface area (Å²) in [5.74, 6) is -1.44. The summed E-state index contributed by atoms with van der Waals surface area (Å²) < 4.78 is 0. The average molecular weight is 316 g/mol. The molecule has 0 fully saturated rings. The van der Waals surface area contributed by atoms with E-state index in [9.17, 15) is 14.7 Å². The van der Waals surface area contributed by atoms with Crippen LogP contribution in [0.1, 0.15) is 17.3 Å². The number of hydrogen-bond acceptors (Lipinski definition) is 6. The van der Waals surface area contributed by atoms with Crippen molar-refractivity contribution in [2.75, 3.05) is 0 Å². The van der Waals surface area contributed by atoms with Gasteiger partial charge in [0.1, 0.15) is 12.4 Å². The van der Waals surface area contributed by atoms with E-state index in [2.05, 4.69) is 15.3 Å². The number of aromatic nitrogens is 2. The van der Waals surface area contributed by atoms with Gasteiger partial charge in [0, 0.05) is 23.5 Å². The zero-order chi connectivity index (χ0) is 16.8. The molecule has 0 saturated carbocycles. The van der Waals surface area contributed by atoms with E-state index in [1.807, 2.05) is 0 Å². The molecule has 1 aromatic heterocycles. The maximum atomic E-state index is 12.1. The van der Waals surface area contributed by atoms with E-state index in [4.69, 9.17) is 5.21 Å². The Balaban J connectivity index is 2.12. The van der Waals surface area contributed by atoms with Gasteiger partial charge in [-0.1, -0.05) is 12.1 Å². The first-order chi connectivity index (χ1) is 11.0. The van der Waals surface area contributed by atoms with Crippen molar-refractivity contribution in [3.05, 3.63) is 48.5 Å². The normalized spacial score (nSPS) is 13.0. The van der Waals surface area contributed by atoms with E-state index in [0.29, 0.717) is 5.56 Å². The van der Waals surface area contributed by atoms with Gasteiger partial charge in [0.15, 0.2) is 0 Å². The van der Waals surface area contributed by atoms with Crippen LogP contribution in [0.5, 0.6) is 0 Å². The number of hydrogen-bond donors (Lipinski definition) is 4. The second-order valence-corrected chi connectivity index (χ2v) is 4.87. The van der Waals surface area contributed by atoms with Crippen molar-refractivity contribution in [1.82, 2.24) is 20.8 Å². The first kappa shape index (κ1) is 16.5. The second kappa shape index (κ2) is 7.43. The molecule has 0 radical (unpaired) electrons.